The summed E-state index contributed by atoms with van der Waals surface area (Å²) in [4.78, 5) is 0. The minimum Gasteiger partial charge on any atom is -0.376 e. The molecule has 1 heterocycles. The molecular weight excluding hydrogens is 231 g/mol. The van der Waals surface area contributed by atoms with Crippen molar-refractivity contribution in [2.24, 2.45) is 7.05 Å². The Kier molecular flexibility index (Phi) is 3.28. The van der Waals surface area contributed by atoms with Gasteiger partial charge in [0.05, 0.1) is 29.6 Å². The summed E-state index contributed by atoms with van der Waals surface area (Å²) in [6, 6.07) is 6.22. The van der Waals surface area contributed by atoms with Gasteiger partial charge in [-0.05, 0) is 25.1 Å². The molecule has 0 radical (unpaired) electrons. The number of benzene rings is 1. The van der Waals surface area contributed by atoms with Crippen molar-refractivity contribution in [1.29, 1.82) is 5.26 Å². The largest absolute Gasteiger partial charge is 0.376 e. The van der Waals surface area contributed by atoms with Crippen LogP contribution in [0, 0.1) is 17.1 Å². The molecule has 18 heavy (non-hydrogen) atoms. The van der Waals surface area contributed by atoms with E-state index in [0.717, 1.165) is 5.56 Å². The number of nitriles is 1. The molecule has 1 unspecified atom stereocenters. The molecule has 0 saturated carbocycles. The molecule has 0 aliphatic heterocycles. The van der Waals surface area contributed by atoms with Gasteiger partial charge in [0, 0.05) is 18.8 Å². The number of anilines is 1. The summed E-state index contributed by atoms with van der Waals surface area (Å²) < 4.78 is 15.4. The lowest BCUT2D eigenvalue weighted by molar-refractivity contribution is 0.627. The SMILES string of the molecule is CC(Nc1ccc(C#N)cc1F)c1cnn(C)c1. The topological polar surface area (TPSA) is 53.6 Å². The van der Waals surface area contributed by atoms with Gasteiger partial charge in [0.15, 0.2) is 0 Å². The summed E-state index contributed by atoms with van der Waals surface area (Å²) in [5.74, 6) is -0.426. The van der Waals surface area contributed by atoms with Crippen LogP contribution in [0.5, 0.6) is 0 Å². The van der Waals surface area contributed by atoms with Crippen molar-refractivity contribution in [2.75, 3.05) is 5.32 Å². The van der Waals surface area contributed by atoms with E-state index >= 15 is 0 Å². The maximum atomic E-state index is 13.7. The van der Waals surface area contributed by atoms with Crippen LogP contribution in [0.1, 0.15) is 24.1 Å². The molecule has 2 rings (SSSR count). The summed E-state index contributed by atoms with van der Waals surface area (Å²) >= 11 is 0. The molecule has 0 aliphatic carbocycles. The highest BCUT2D eigenvalue weighted by molar-refractivity contribution is 5.50. The van der Waals surface area contributed by atoms with Crippen molar-refractivity contribution in [2.45, 2.75) is 13.0 Å². The summed E-state index contributed by atoms with van der Waals surface area (Å²) in [5, 5.41) is 15.8. The van der Waals surface area contributed by atoms with Crippen LogP contribution in [-0.4, -0.2) is 9.78 Å². The molecule has 2 aromatic rings. The molecule has 0 fully saturated rings. The van der Waals surface area contributed by atoms with E-state index in [4.69, 9.17) is 5.26 Å². The number of nitrogens with one attached hydrogen (secondary N) is 1. The van der Waals surface area contributed by atoms with Crippen LogP contribution in [0.2, 0.25) is 0 Å². The molecular formula is C13H13FN4. The standard InChI is InChI=1S/C13H13FN4/c1-9(11-7-16-18(2)8-11)17-13-4-3-10(6-15)5-12(13)14/h3-5,7-9,17H,1-2H3. The number of nitrogens with zero attached hydrogens (tertiary/aromatic N) is 3. The molecule has 1 aromatic carbocycles. The minimum absolute atomic E-state index is 0.0545. The van der Waals surface area contributed by atoms with Crippen molar-refractivity contribution in [1.82, 2.24) is 9.78 Å². The van der Waals surface area contributed by atoms with Gasteiger partial charge in [-0.25, -0.2) is 4.39 Å². The Morgan fingerprint density at radius 3 is 2.83 bits per heavy atom. The van der Waals surface area contributed by atoms with Crippen LogP contribution in [-0.2, 0) is 7.05 Å². The Balaban J connectivity index is 2.17. The Morgan fingerprint density at radius 1 is 1.50 bits per heavy atom. The molecule has 1 aromatic heterocycles. The van der Waals surface area contributed by atoms with Crippen LogP contribution < -0.4 is 5.32 Å². The number of hydrogen-bond donors (Lipinski definition) is 1. The second-order valence-corrected chi connectivity index (χ2v) is 4.12. The molecule has 92 valence electrons. The summed E-state index contributed by atoms with van der Waals surface area (Å²) in [5.41, 5.74) is 1.67. The van der Waals surface area contributed by atoms with E-state index in [0.29, 0.717) is 11.3 Å². The minimum atomic E-state index is -0.426. The van der Waals surface area contributed by atoms with Crippen LogP contribution in [0.15, 0.2) is 30.6 Å². The molecule has 0 aliphatic rings. The third-order valence-corrected chi connectivity index (χ3v) is 2.70. The quantitative estimate of drug-likeness (QED) is 0.902. The lowest BCUT2D eigenvalue weighted by Gasteiger charge is -2.14. The molecule has 1 atom stereocenters. The van der Waals surface area contributed by atoms with E-state index in [9.17, 15) is 4.39 Å². The monoisotopic (exact) mass is 244 g/mol. The molecule has 1 N–H and O–H groups in total. The highest BCUT2D eigenvalue weighted by Crippen LogP contribution is 2.21. The van der Waals surface area contributed by atoms with Gasteiger partial charge in [-0.2, -0.15) is 10.4 Å². The lowest BCUT2D eigenvalue weighted by atomic mass is 10.1. The normalized spacial score (nSPS) is 11.9. The van der Waals surface area contributed by atoms with E-state index in [2.05, 4.69) is 10.4 Å². The van der Waals surface area contributed by atoms with Gasteiger partial charge in [0.25, 0.3) is 0 Å². The highest BCUT2D eigenvalue weighted by atomic mass is 19.1. The van der Waals surface area contributed by atoms with Crippen molar-refractivity contribution >= 4 is 5.69 Å². The summed E-state index contributed by atoms with van der Waals surface area (Å²) in [6.45, 7) is 1.93. The Bertz CT molecular complexity index is 597. The molecule has 5 heteroatoms. The number of halogens is 1. The van der Waals surface area contributed by atoms with E-state index in [1.807, 2.05) is 26.2 Å². The Morgan fingerprint density at radius 2 is 2.28 bits per heavy atom. The lowest BCUT2D eigenvalue weighted by Crippen LogP contribution is -2.07. The van der Waals surface area contributed by atoms with Crippen molar-refractivity contribution in [3.63, 3.8) is 0 Å². The van der Waals surface area contributed by atoms with Crippen LogP contribution in [0.4, 0.5) is 10.1 Å². The first-order valence-electron chi connectivity index (χ1n) is 5.55. The maximum Gasteiger partial charge on any atom is 0.147 e. The van der Waals surface area contributed by atoms with E-state index in [1.54, 1.807) is 23.0 Å². The average Bonchev–Trinajstić information content (AvgIpc) is 2.78. The Hall–Kier alpha value is -2.35. The zero-order valence-electron chi connectivity index (χ0n) is 10.2. The molecule has 4 nitrogen and oxygen atoms in total. The first-order valence-corrected chi connectivity index (χ1v) is 5.55. The molecule has 0 spiro atoms. The van der Waals surface area contributed by atoms with Gasteiger partial charge in [-0.1, -0.05) is 0 Å². The van der Waals surface area contributed by atoms with E-state index in [1.165, 1.54) is 6.07 Å². The van der Waals surface area contributed by atoms with Crippen molar-refractivity contribution in [3.8, 4) is 6.07 Å². The third kappa shape index (κ3) is 2.48. The smallest absolute Gasteiger partial charge is 0.147 e. The predicted molar refractivity (Wildman–Crippen MR) is 66.4 cm³/mol. The highest BCUT2D eigenvalue weighted by Gasteiger charge is 2.10. The number of rotatable bonds is 3. The first-order chi connectivity index (χ1) is 8.60. The predicted octanol–water partition coefficient (Wildman–Crippen LogP) is 2.60. The van der Waals surface area contributed by atoms with Crippen LogP contribution in [0.25, 0.3) is 0 Å². The van der Waals surface area contributed by atoms with Crippen LogP contribution >= 0.6 is 0 Å². The van der Waals surface area contributed by atoms with Crippen molar-refractivity contribution in [3.05, 3.63) is 47.5 Å². The van der Waals surface area contributed by atoms with Gasteiger partial charge < -0.3 is 5.32 Å². The summed E-state index contributed by atoms with van der Waals surface area (Å²) in [7, 11) is 1.83. The first kappa shape index (κ1) is 12.1. The molecule has 0 amide bonds. The second kappa shape index (κ2) is 4.88. The van der Waals surface area contributed by atoms with Crippen molar-refractivity contribution < 1.29 is 4.39 Å². The van der Waals surface area contributed by atoms with Gasteiger partial charge in [-0.3, -0.25) is 4.68 Å². The van der Waals surface area contributed by atoms with E-state index < -0.39 is 5.82 Å². The number of aromatic nitrogens is 2. The third-order valence-electron chi connectivity index (χ3n) is 2.70. The fourth-order valence-electron chi connectivity index (χ4n) is 1.68. The fraction of sp³-hybridized carbons (Fsp3) is 0.231. The maximum absolute atomic E-state index is 13.7. The second-order valence-electron chi connectivity index (χ2n) is 4.12. The number of hydrogen-bond acceptors (Lipinski definition) is 3. The average molecular weight is 244 g/mol. The zero-order chi connectivity index (χ0) is 13.1. The van der Waals surface area contributed by atoms with Gasteiger partial charge >= 0.3 is 0 Å². The zero-order valence-corrected chi connectivity index (χ0v) is 10.2. The number of aryl methyl sites for hydroxylation is 1. The van der Waals surface area contributed by atoms with E-state index in [-0.39, 0.29) is 6.04 Å². The molecule has 0 saturated heterocycles. The van der Waals surface area contributed by atoms with Crippen LogP contribution in [0.3, 0.4) is 0 Å². The van der Waals surface area contributed by atoms with Gasteiger partial charge in [0.2, 0.25) is 0 Å². The fourth-order valence-corrected chi connectivity index (χ4v) is 1.68. The summed E-state index contributed by atoms with van der Waals surface area (Å²) in [6.07, 6.45) is 3.61. The van der Waals surface area contributed by atoms with Gasteiger partial charge in [-0.15, -0.1) is 0 Å². The molecule has 0 bridgehead atoms. The Labute approximate surface area is 105 Å². The van der Waals surface area contributed by atoms with Gasteiger partial charge in [0.1, 0.15) is 5.82 Å².